The molecule has 5 heteroatoms. The summed E-state index contributed by atoms with van der Waals surface area (Å²) in [7, 11) is 2.66. The molecular formula is C23H18O5. The zero-order chi connectivity index (χ0) is 20.1. The summed E-state index contributed by atoms with van der Waals surface area (Å²) in [6.45, 7) is 0. The predicted molar refractivity (Wildman–Crippen MR) is 105 cm³/mol. The summed E-state index contributed by atoms with van der Waals surface area (Å²) in [5.74, 6) is -0.833. The number of ether oxygens (including phenoxy) is 2. The van der Waals surface area contributed by atoms with E-state index in [2.05, 4.69) is 0 Å². The van der Waals surface area contributed by atoms with Crippen LogP contribution in [0.15, 0.2) is 66.7 Å². The number of hydrogen-bond donors (Lipinski definition) is 0. The van der Waals surface area contributed by atoms with Gasteiger partial charge in [0.05, 0.1) is 25.3 Å². The van der Waals surface area contributed by atoms with Gasteiger partial charge in [-0.15, -0.1) is 0 Å². The molecule has 3 aromatic rings. The maximum Gasteiger partial charge on any atom is 0.337 e. The number of rotatable bonds is 5. The van der Waals surface area contributed by atoms with E-state index in [1.807, 2.05) is 18.2 Å². The summed E-state index contributed by atoms with van der Waals surface area (Å²) in [6.07, 6.45) is 0.801. The molecule has 0 saturated heterocycles. The Hall–Kier alpha value is -3.73. The maximum atomic E-state index is 11.7. The lowest BCUT2D eigenvalue weighted by Gasteiger charge is -2.13. The molecule has 0 bridgehead atoms. The van der Waals surface area contributed by atoms with Gasteiger partial charge in [0.15, 0.2) is 6.29 Å². The first-order chi connectivity index (χ1) is 13.6. The second-order valence-corrected chi connectivity index (χ2v) is 6.03. The van der Waals surface area contributed by atoms with Gasteiger partial charge in [-0.3, -0.25) is 4.79 Å². The molecule has 0 unspecified atom stereocenters. The fourth-order valence-corrected chi connectivity index (χ4v) is 3.03. The Morgan fingerprint density at radius 3 is 1.68 bits per heavy atom. The van der Waals surface area contributed by atoms with Gasteiger partial charge in [0.2, 0.25) is 0 Å². The van der Waals surface area contributed by atoms with Crippen LogP contribution in [-0.2, 0) is 9.47 Å². The van der Waals surface area contributed by atoms with Crippen LogP contribution in [0.2, 0.25) is 0 Å². The lowest BCUT2D eigenvalue weighted by Crippen LogP contribution is -2.01. The van der Waals surface area contributed by atoms with Crippen molar-refractivity contribution in [1.29, 1.82) is 0 Å². The summed E-state index contributed by atoms with van der Waals surface area (Å²) >= 11 is 0. The molecule has 0 spiro atoms. The highest BCUT2D eigenvalue weighted by molar-refractivity contribution is 5.97. The maximum absolute atomic E-state index is 11.7. The number of carbonyl (C=O) groups is 3. The molecule has 0 heterocycles. The molecule has 28 heavy (non-hydrogen) atoms. The Bertz CT molecular complexity index is 1020. The average Bonchev–Trinajstić information content (AvgIpc) is 2.77. The SMILES string of the molecule is COC(=O)c1ccc(-c2cccc(C=O)c2-c2ccc(C(=O)OC)cc2)cc1. The highest BCUT2D eigenvalue weighted by atomic mass is 16.5. The molecular weight excluding hydrogens is 356 g/mol. The smallest absolute Gasteiger partial charge is 0.337 e. The molecule has 5 nitrogen and oxygen atoms in total. The van der Waals surface area contributed by atoms with Gasteiger partial charge in [0.1, 0.15) is 0 Å². The van der Waals surface area contributed by atoms with E-state index in [-0.39, 0.29) is 0 Å². The van der Waals surface area contributed by atoms with Gasteiger partial charge in [-0.2, -0.15) is 0 Å². The van der Waals surface area contributed by atoms with Crippen molar-refractivity contribution >= 4 is 18.2 Å². The highest BCUT2D eigenvalue weighted by Gasteiger charge is 2.14. The molecule has 3 rings (SSSR count). The van der Waals surface area contributed by atoms with E-state index in [0.29, 0.717) is 16.7 Å². The van der Waals surface area contributed by atoms with E-state index in [9.17, 15) is 14.4 Å². The van der Waals surface area contributed by atoms with Crippen LogP contribution in [0, 0.1) is 0 Å². The van der Waals surface area contributed by atoms with Crippen molar-refractivity contribution < 1.29 is 23.9 Å². The second kappa shape index (κ2) is 8.31. The number of methoxy groups -OCH3 is 2. The first-order valence-electron chi connectivity index (χ1n) is 8.54. The predicted octanol–water partition coefficient (Wildman–Crippen LogP) is 4.41. The number of esters is 2. The number of aldehydes is 1. The molecule has 3 aromatic carbocycles. The van der Waals surface area contributed by atoms with E-state index in [0.717, 1.165) is 28.5 Å². The summed E-state index contributed by atoms with van der Waals surface area (Å²) in [4.78, 5) is 35.0. The van der Waals surface area contributed by atoms with Gasteiger partial charge in [0, 0.05) is 5.56 Å². The quantitative estimate of drug-likeness (QED) is 0.489. The Morgan fingerprint density at radius 1 is 0.714 bits per heavy atom. The molecule has 0 radical (unpaired) electrons. The second-order valence-electron chi connectivity index (χ2n) is 6.03. The van der Waals surface area contributed by atoms with Crippen molar-refractivity contribution in [2.24, 2.45) is 0 Å². The third-order valence-electron chi connectivity index (χ3n) is 4.44. The first kappa shape index (κ1) is 19.0. The van der Waals surface area contributed by atoms with Crippen molar-refractivity contribution in [2.75, 3.05) is 14.2 Å². The number of carbonyl (C=O) groups excluding carboxylic acids is 3. The Labute approximate surface area is 162 Å². The fraction of sp³-hybridized carbons (Fsp3) is 0.0870. The Kier molecular flexibility index (Phi) is 5.65. The minimum Gasteiger partial charge on any atom is -0.465 e. The first-order valence-corrected chi connectivity index (χ1v) is 8.54. The van der Waals surface area contributed by atoms with Gasteiger partial charge < -0.3 is 9.47 Å². The lowest BCUT2D eigenvalue weighted by atomic mass is 9.90. The fourth-order valence-electron chi connectivity index (χ4n) is 3.03. The van der Waals surface area contributed by atoms with Crippen molar-refractivity contribution in [2.45, 2.75) is 0 Å². The molecule has 0 aliphatic heterocycles. The molecule has 0 fully saturated rings. The molecule has 0 amide bonds. The van der Waals surface area contributed by atoms with Crippen molar-refractivity contribution in [3.63, 3.8) is 0 Å². The number of benzene rings is 3. The third kappa shape index (κ3) is 3.69. The van der Waals surface area contributed by atoms with Crippen LogP contribution >= 0.6 is 0 Å². The van der Waals surface area contributed by atoms with Crippen LogP contribution in [0.1, 0.15) is 31.1 Å². The summed E-state index contributed by atoms with van der Waals surface area (Å²) in [5.41, 5.74) is 4.64. The van der Waals surface area contributed by atoms with Crippen LogP contribution in [0.3, 0.4) is 0 Å². The van der Waals surface area contributed by atoms with E-state index in [1.165, 1.54) is 14.2 Å². The van der Waals surface area contributed by atoms with Crippen molar-refractivity contribution in [1.82, 2.24) is 0 Å². The molecule has 0 atom stereocenters. The lowest BCUT2D eigenvalue weighted by molar-refractivity contribution is 0.0592. The standard InChI is InChI=1S/C23H18O5/c1-27-22(25)17-10-6-15(7-11-17)20-5-3-4-19(14-24)21(20)16-8-12-18(13-9-16)23(26)28-2/h3-14H,1-2H3. The number of hydrogen-bond acceptors (Lipinski definition) is 5. The zero-order valence-electron chi connectivity index (χ0n) is 15.5. The van der Waals surface area contributed by atoms with Gasteiger partial charge >= 0.3 is 11.9 Å². The van der Waals surface area contributed by atoms with Crippen molar-refractivity contribution in [3.8, 4) is 22.3 Å². The van der Waals surface area contributed by atoms with E-state index >= 15 is 0 Å². The molecule has 0 N–H and O–H groups in total. The van der Waals surface area contributed by atoms with E-state index in [4.69, 9.17) is 9.47 Å². The Morgan fingerprint density at radius 2 is 1.21 bits per heavy atom. The van der Waals surface area contributed by atoms with Crippen molar-refractivity contribution in [3.05, 3.63) is 83.4 Å². The van der Waals surface area contributed by atoms with E-state index < -0.39 is 11.9 Å². The summed E-state index contributed by atoms with van der Waals surface area (Å²) in [6, 6.07) is 19.3. The normalized spacial score (nSPS) is 10.2. The van der Waals surface area contributed by atoms with Gasteiger partial charge in [-0.25, -0.2) is 9.59 Å². The minimum absolute atomic E-state index is 0.410. The summed E-state index contributed by atoms with van der Waals surface area (Å²) in [5, 5.41) is 0. The monoisotopic (exact) mass is 374 g/mol. The third-order valence-corrected chi connectivity index (χ3v) is 4.44. The van der Waals surface area contributed by atoms with Gasteiger partial charge in [0.25, 0.3) is 0 Å². The van der Waals surface area contributed by atoms with Gasteiger partial charge in [-0.05, 0) is 46.5 Å². The highest BCUT2D eigenvalue weighted by Crippen LogP contribution is 2.35. The molecule has 0 aliphatic carbocycles. The Balaban J connectivity index is 2.10. The molecule has 0 aromatic heterocycles. The van der Waals surface area contributed by atoms with Crippen LogP contribution in [0.4, 0.5) is 0 Å². The van der Waals surface area contributed by atoms with E-state index in [1.54, 1.807) is 48.5 Å². The van der Waals surface area contributed by atoms with Gasteiger partial charge in [-0.1, -0.05) is 42.5 Å². The van der Waals surface area contributed by atoms with Crippen LogP contribution in [0.5, 0.6) is 0 Å². The van der Waals surface area contributed by atoms with Crippen LogP contribution < -0.4 is 0 Å². The summed E-state index contributed by atoms with van der Waals surface area (Å²) < 4.78 is 9.45. The van der Waals surface area contributed by atoms with Crippen LogP contribution in [0.25, 0.3) is 22.3 Å². The molecule has 140 valence electrons. The minimum atomic E-state index is -0.422. The largest absolute Gasteiger partial charge is 0.465 e. The zero-order valence-corrected chi connectivity index (χ0v) is 15.5. The molecule has 0 aliphatic rings. The average molecular weight is 374 g/mol. The molecule has 0 saturated carbocycles. The van der Waals surface area contributed by atoms with Crippen LogP contribution in [-0.4, -0.2) is 32.4 Å². The topological polar surface area (TPSA) is 69.7 Å².